The molecule has 0 bridgehead atoms. The highest BCUT2D eigenvalue weighted by Crippen LogP contribution is 2.25. The van der Waals surface area contributed by atoms with E-state index in [-0.39, 0.29) is 12.1 Å². The van der Waals surface area contributed by atoms with Crippen LogP contribution >= 0.6 is 0 Å². The summed E-state index contributed by atoms with van der Waals surface area (Å²) in [5, 5.41) is 9.07. The van der Waals surface area contributed by atoms with Gasteiger partial charge in [0.05, 0.1) is 6.10 Å². The van der Waals surface area contributed by atoms with Crippen molar-refractivity contribution in [2.24, 2.45) is 5.73 Å². The fraction of sp³-hybridized carbons (Fsp3) is 0.583. The van der Waals surface area contributed by atoms with Crippen LogP contribution in [-0.4, -0.2) is 42.3 Å². The van der Waals surface area contributed by atoms with E-state index in [4.69, 9.17) is 15.7 Å². The molecular weight excluding hydrogens is 230 g/mol. The average Bonchev–Trinajstić information content (AvgIpc) is 2.46. The lowest BCUT2D eigenvalue weighted by Crippen LogP contribution is -2.49. The molecule has 0 aromatic carbocycles. The number of aromatic nitrogens is 2. The van der Waals surface area contributed by atoms with Crippen LogP contribution in [0.4, 0.5) is 5.82 Å². The third-order valence-electron chi connectivity index (χ3n) is 3.33. The summed E-state index contributed by atoms with van der Waals surface area (Å²) < 4.78 is 5.38. The second-order valence-corrected chi connectivity index (χ2v) is 4.31. The number of methoxy groups -OCH3 is 1. The Labute approximate surface area is 106 Å². The topological polar surface area (TPSA) is 88.1 Å². The summed E-state index contributed by atoms with van der Waals surface area (Å²) in [6.07, 6.45) is 5.13. The zero-order chi connectivity index (χ0) is 13.0. The van der Waals surface area contributed by atoms with Gasteiger partial charge >= 0.3 is 0 Å². The highest BCUT2D eigenvalue weighted by Gasteiger charge is 2.29. The van der Waals surface area contributed by atoms with Crippen LogP contribution in [0.3, 0.4) is 0 Å². The number of rotatable bonds is 3. The molecular formula is C12H17N5O. The summed E-state index contributed by atoms with van der Waals surface area (Å²) in [4.78, 5) is 10.4. The molecule has 0 radical (unpaired) electrons. The van der Waals surface area contributed by atoms with Gasteiger partial charge in [0.15, 0.2) is 11.5 Å². The molecule has 2 atom stereocenters. The van der Waals surface area contributed by atoms with E-state index in [1.54, 1.807) is 13.3 Å². The van der Waals surface area contributed by atoms with Crippen molar-refractivity contribution >= 4 is 5.82 Å². The molecule has 1 aromatic heterocycles. The number of nitrogens with two attached hydrogens (primary N) is 1. The Morgan fingerprint density at radius 2 is 2.33 bits per heavy atom. The van der Waals surface area contributed by atoms with Crippen LogP contribution in [0.2, 0.25) is 0 Å². The fourth-order valence-corrected chi connectivity index (χ4v) is 2.35. The summed E-state index contributed by atoms with van der Waals surface area (Å²) in [7, 11) is 1.72. The molecule has 0 spiro atoms. The van der Waals surface area contributed by atoms with Gasteiger partial charge in [0.25, 0.3) is 0 Å². The van der Waals surface area contributed by atoms with Gasteiger partial charge < -0.3 is 15.4 Å². The molecule has 18 heavy (non-hydrogen) atoms. The normalized spacial score (nSPS) is 23.7. The molecule has 0 saturated carbocycles. The minimum Gasteiger partial charge on any atom is -0.381 e. The Hall–Kier alpha value is -1.71. The van der Waals surface area contributed by atoms with Crippen molar-refractivity contribution in [2.45, 2.75) is 25.0 Å². The van der Waals surface area contributed by atoms with Gasteiger partial charge in [-0.15, -0.1) is 0 Å². The van der Waals surface area contributed by atoms with Gasteiger partial charge in [0, 0.05) is 38.6 Å². The molecule has 1 saturated heterocycles. The van der Waals surface area contributed by atoms with Crippen LogP contribution < -0.4 is 10.6 Å². The molecule has 2 N–H and O–H groups in total. The van der Waals surface area contributed by atoms with E-state index in [1.165, 1.54) is 6.20 Å². The number of anilines is 1. The zero-order valence-corrected chi connectivity index (χ0v) is 10.4. The van der Waals surface area contributed by atoms with Gasteiger partial charge in [-0.25, -0.2) is 9.97 Å². The largest absolute Gasteiger partial charge is 0.381 e. The van der Waals surface area contributed by atoms with E-state index >= 15 is 0 Å². The molecule has 1 fully saturated rings. The summed E-state index contributed by atoms with van der Waals surface area (Å²) in [5.41, 5.74) is 6.16. The Morgan fingerprint density at radius 1 is 1.56 bits per heavy atom. The number of hydrogen-bond donors (Lipinski definition) is 1. The molecule has 2 heterocycles. The van der Waals surface area contributed by atoms with Crippen LogP contribution in [0.15, 0.2) is 12.4 Å². The smallest absolute Gasteiger partial charge is 0.183 e. The third-order valence-corrected chi connectivity index (χ3v) is 3.33. The SMILES string of the molecule is COC1CCN(c2nccnc2C#N)C(CN)C1. The van der Waals surface area contributed by atoms with Crippen molar-refractivity contribution in [3.05, 3.63) is 18.1 Å². The number of nitrogens with zero attached hydrogens (tertiary/aromatic N) is 4. The van der Waals surface area contributed by atoms with E-state index in [9.17, 15) is 0 Å². The average molecular weight is 247 g/mol. The second-order valence-electron chi connectivity index (χ2n) is 4.31. The number of ether oxygens (including phenoxy) is 1. The molecule has 1 aliphatic heterocycles. The predicted molar refractivity (Wildman–Crippen MR) is 67.0 cm³/mol. The maximum absolute atomic E-state index is 9.07. The lowest BCUT2D eigenvalue weighted by atomic mass is 9.99. The van der Waals surface area contributed by atoms with Crippen molar-refractivity contribution < 1.29 is 4.74 Å². The molecule has 96 valence electrons. The van der Waals surface area contributed by atoms with Crippen molar-refractivity contribution in [1.82, 2.24) is 9.97 Å². The first-order chi connectivity index (χ1) is 8.80. The third kappa shape index (κ3) is 2.42. The summed E-state index contributed by atoms with van der Waals surface area (Å²) >= 11 is 0. The first-order valence-electron chi connectivity index (χ1n) is 6.00. The van der Waals surface area contributed by atoms with Gasteiger partial charge in [0.2, 0.25) is 0 Å². The lowest BCUT2D eigenvalue weighted by Gasteiger charge is -2.39. The summed E-state index contributed by atoms with van der Waals surface area (Å²) in [6.45, 7) is 1.30. The van der Waals surface area contributed by atoms with Crippen LogP contribution in [-0.2, 0) is 4.74 Å². The minimum atomic E-state index is 0.146. The van der Waals surface area contributed by atoms with E-state index in [2.05, 4.69) is 20.9 Å². The van der Waals surface area contributed by atoms with Gasteiger partial charge in [0.1, 0.15) is 6.07 Å². The van der Waals surface area contributed by atoms with E-state index in [0.29, 0.717) is 18.1 Å². The van der Waals surface area contributed by atoms with Crippen molar-refractivity contribution in [3.63, 3.8) is 0 Å². The maximum atomic E-state index is 9.07. The van der Waals surface area contributed by atoms with Gasteiger partial charge in [-0.2, -0.15) is 5.26 Å². The van der Waals surface area contributed by atoms with Gasteiger partial charge in [-0.1, -0.05) is 0 Å². The highest BCUT2D eigenvalue weighted by atomic mass is 16.5. The Bertz CT molecular complexity index is 444. The molecule has 1 aromatic rings. The predicted octanol–water partition coefficient (Wildman–Crippen LogP) is 0.291. The van der Waals surface area contributed by atoms with Crippen molar-refractivity contribution in [1.29, 1.82) is 5.26 Å². The summed E-state index contributed by atoms with van der Waals surface area (Å²) in [6, 6.07) is 2.22. The molecule has 6 heteroatoms. The Kier molecular flexibility index (Phi) is 4.07. The maximum Gasteiger partial charge on any atom is 0.183 e. The van der Waals surface area contributed by atoms with Crippen molar-refractivity contribution in [3.8, 4) is 6.07 Å². The molecule has 1 aliphatic rings. The molecule has 6 nitrogen and oxygen atoms in total. The molecule has 0 aliphatic carbocycles. The Balaban J connectivity index is 2.24. The minimum absolute atomic E-state index is 0.146. The standard InChI is InChI=1S/C12H17N5O/c1-18-10-2-5-17(9(6-10)7-13)12-11(8-14)15-3-4-16-12/h3-4,9-10H,2,5-7,13H2,1H3. The van der Waals surface area contributed by atoms with E-state index < -0.39 is 0 Å². The van der Waals surface area contributed by atoms with Crippen LogP contribution in [0.5, 0.6) is 0 Å². The Morgan fingerprint density at radius 3 is 3.00 bits per heavy atom. The fourth-order valence-electron chi connectivity index (χ4n) is 2.35. The van der Waals surface area contributed by atoms with E-state index in [1.807, 2.05) is 0 Å². The number of nitriles is 1. The highest BCUT2D eigenvalue weighted by molar-refractivity contribution is 5.50. The van der Waals surface area contributed by atoms with Gasteiger partial charge in [-0.05, 0) is 12.8 Å². The van der Waals surface area contributed by atoms with E-state index in [0.717, 1.165) is 19.4 Å². The van der Waals surface area contributed by atoms with Crippen molar-refractivity contribution in [2.75, 3.05) is 25.1 Å². The van der Waals surface area contributed by atoms with Gasteiger partial charge in [-0.3, -0.25) is 0 Å². The molecule has 2 unspecified atom stereocenters. The lowest BCUT2D eigenvalue weighted by molar-refractivity contribution is 0.0707. The second kappa shape index (κ2) is 5.76. The van der Waals surface area contributed by atoms with Crippen LogP contribution in [0.1, 0.15) is 18.5 Å². The van der Waals surface area contributed by atoms with Crippen LogP contribution in [0, 0.1) is 11.3 Å². The monoisotopic (exact) mass is 247 g/mol. The first-order valence-corrected chi connectivity index (χ1v) is 6.00. The summed E-state index contributed by atoms with van der Waals surface area (Å²) in [5.74, 6) is 0.630. The zero-order valence-electron chi connectivity index (χ0n) is 10.4. The molecule has 0 amide bonds. The quantitative estimate of drug-likeness (QED) is 0.826. The number of hydrogen-bond acceptors (Lipinski definition) is 6. The number of piperidine rings is 1. The first kappa shape index (κ1) is 12.7. The molecule has 2 rings (SSSR count). The van der Waals surface area contributed by atoms with Crippen LogP contribution in [0.25, 0.3) is 0 Å².